The van der Waals surface area contributed by atoms with Crippen molar-refractivity contribution < 1.29 is 19.4 Å². The lowest BCUT2D eigenvalue weighted by Gasteiger charge is -2.21. The molecule has 6 nitrogen and oxygen atoms in total. The van der Waals surface area contributed by atoms with E-state index in [-0.39, 0.29) is 23.5 Å². The second kappa shape index (κ2) is 26.1. The van der Waals surface area contributed by atoms with Gasteiger partial charge in [-0.25, -0.2) is 0 Å². The second-order valence-corrected chi connectivity index (χ2v) is 9.87. The highest BCUT2D eigenvalue weighted by atomic mass is 16.5. The van der Waals surface area contributed by atoms with Crippen molar-refractivity contribution in [3.8, 4) is 0 Å². The summed E-state index contributed by atoms with van der Waals surface area (Å²) in [4.78, 5) is 10.7. The van der Waals surface area contributed by atoms with Gasteiger partial charge in [0.1, 0.15) is 5.60 Å². The van der Waals surface area contributed by atoms with E-state index >= 15 is 0 Å². The number of ether oxygens (including phenoxy) is 2. The summed E-state index contributed by atoms with van der Waals surface area (Å²) in [5, 5.41) is 11.6. The second-order valence-electron chi connectivity index (χ2n) is 9.87. The minimum atomic E-state index is -0.203. The number of amides is 1. The van der Waals surface area contributed by atoms with Crippen molar-refractivity contribution in [2.24, 2.45) is 5.73 Å². The molecule has 2 rings (SSSR count). The maximum Gasteiger partial charge on any atom is 0.217 e. The molecule has 1 amide bonds. The van der Waals surface area contributed by atoms with Crippen LogP contribution in [-0.4, -0.2) is 35.9 Å². The monoisotopic (exact) mass is 534 g/mol. The molecule has 220 valence electrons. The van der Waals surface area contributed by atoms with Crippen molar-refractivity contribution >= 4 is 5.91 Å². The van der Waals surface area contributed by atoms with Gasteiger partial charge in [0, 0.05) is 20.1 Å². The summed E-state index contributed by atoms with van der Waals surface area (Å²) >= 11 is 0. The maximum absolute atomic E-state index is 10.7. The highest BCUT2D eigenvalue weighted by Gasteiger charge is 2.13. The number of methoxy groups -OCH3 is 1. The summed E-state index contributed by atoms with van der Waals surface area (Å²) in [6.45, 7) is 22.8. The number of carbonyl (C=O) groups is 1. The molecule has 0 radical (unpaired) electrons. The Labute approximate surface area is 234 Å². The van der Waals surface area contributed by atoms with E-state index in [1.807, 2.05) is 71.9 Å². The van der Waals surface area contributed by atoms with Crippen molar-refractivity contribution in [3.05, 3.63) is 72.7 Å². The first-order valence-electron chi connectivity index (χ1n) is 13.7. The third-order valence-electron chi connectivity index (χ3n) is 4.90. The number of aliphatic hydroxyl groups excluding tert-OH is 1. The third kappa shape index (κ3) is 31.5. The predicted molar refractivity (Wildman–Crippen MR) is 164 cm³/mol. The lowest BCUT2D eigenvalue weighted by molar-refractivity contribution is -0.119. The molecule has 0 fully saturated rings. The summed E-state index contributed by atoms with van der Waals surface area (Å²) < 4.78 is 9.95. The van der Waals surface area contributed by atoms with E-state index in [0.717, 1.165) is 38.5 Å². The molecular formula is C32H58N2O4. The van der Waals surface area contributed by atoms with Gasteiger partial charge in [0.05, 0.1) is 12.7 Å². The van der Waals surface area contributed by atoms with Crippen molar-refractivity contribution in [1.82, 2.24) is 5.32 Å². The van der Waals surface area contributed by atoms with Gasteiger partial charge in [-0.1, -0.05) is 68.8 Å². The van der Waals surface area contributed by atoms with E-state index in [1.54, 1.807) is 20.1 Å². The van der Waals surface area contributed by atoms with Crippen LogP contribution in [0.2, 0.25) is 0 Å². The minimum absolute atomic E-state index is 0.0648. The lowest BCUT2D eigenvalue weighted by Crippen LogP contribution is -2.33. The largest absolute Gasteiger partial charge is 0.474 e. The zero-order chi connectivity index (χ0) is 30.0. The number of rotatable bonds is 7. The number of hydrogen-bond acceptors (Lipinski definition) is 5. The van der Waals surface area contributed by atoms with Gasteiger partial charge in [0.2, 0.25) is 5.91 Å². The van der Waals surface area contributed by atoms with E-state index < -0.39 is 0 Å². The SMILES string of the molecule is C=C(N)OC(C)(C)C.C=CC.CCC(O)CC.CCC1=CCC(NC(C)=O)CC1.COCc1ccccc1. The van der Waals surface area contributed by atoms with E-state index in [4.69, 9.17) is 20.3 Å². The minimum Gasteiger partial charge on any atom is -0.474 e. The van der Waals surface area contributed by atoms with E-state index in [2.05, 4.69) is 31.5 Å². The lowest BCUT2D eigenvalue weighted by atomic mass is 9.94. The van der Waals surface area contributed by atoms with Crippen LogP contribution in [0.1, 0.15) is 99.5 Å². The number of aliphatic hydroxyl groups is 1. The van der Waals surface area contributed by atoms with Crippen molar-refractivity contribution in [2.45, 2.75) is 118 Å². The average molecular weight is 535 g/mol. The van der Waals surface area contributed by atoms with Gasteiger partial charge in [0.15, 0.2) is 5.88 Å². The van der Waals surface area contributed by atoms with Crippen LogP contribution in [0.15, 0.2) is 67.1 Å². The van der Waals surface area contributed by atoms with Crippen LogP contribution in [0.25, 0.3) is 0 Å². The molecule has 0 saturated heterocycles. The Morgan fingerprint density at radius 2 is 1.74 bits per heavy atom. The van der Waals surface area contributed by atoms with Gasteiger partial charge in [-0.2, -0.15) is 0 Å². The summed E-state index contributed by atoms with van der Waals surface area (Å²) in [5.41, 5.74) is 7.72. The van der Waals surface area contributed by atoms with Gasteiger partial charge in [-0.15, -0.1) is 6.58 Å². The molecule has 1 aromatic carbocycles. The molecule has 1 atom stereocenters. The van der Waals surface area contributed by atoms with E-state index in [0.29, 0.717) is 12.6 Å². The summed E-state index contributed by atoms with van der Waals surface area (Å²) in [7, 11) is 1.70. The highest BCUT2D eigenvalue weighted by Crippen LogP contribution is 2.20. The van der Waals surface area contributed by atoms with Crippen molar-refractivity contribution in [3.63, 3.8) is 0 Å². The van der Waals surface area contributed by atoms with E-state index in [9.17, 15) is 4.79 Å². The molecule has 4 N–H and O–H groups in total. The molecule has 0 spiro atoms. The molecule has 1 aliphatic rings. The zero-order valence-corrected chi connectivity index (χ0v) is 25.8. The topological polar surface area (TPSA) is 93.8 Å². The van der Waals surface area contributed by atoms with Gasteiger partial charge < -0.3 is 25.6 Å². The molecule has 6 heteroatoms. The average Bonchev–Trinajstić information content (AvgIpc) is 2.85. The normalized spacial score (nSPS) is 13.8. The molecule has 1 aromatic rings. The summed E-state index contributed by atoms with van der Waals surface area (Å²) in [5.74, 6) is 0.367. The quantitative estimate of drug-likeness (QED) is 0.250. The third-order valence-corrected chi connectivity index (χ3v) is 4.90. The van der Waals surface area contributed by atoms with Crippen molar-refractivity contribution in [2.75, 3.05) is 7.11 Å². The van der Waals surface area contributed by atoms with Gasteiger partial charge in [0.25, 0.3) is 0 Å². The Hall–Kier alpha value is -2.57. The molecule has 0 bridgehead atoms. The number of nitrogens with two attached hydrogens (primary N) is 1. The molecule has 0 saturated carbocycles. The Kier molecular flexibility index (Phi) is 27.4. The molecule has 0 aliphatic heterocycles. The summed E-state index contributed by atoms with van der Waals surface area (Å²) in [6, 6.07) is 10.5. The zero-order valence-electron chi connectivity index (χ0n) is 25.8. The number of allylic oxidation sites excluding steroid dienone is 2. The Bertz CT molecular complexity index is 736. The van der Waals surface area contributed by atoms with Crippen LogP contribution in [0.4, 0.5) is 0 Å². The first-order valence-corrected chi connectivity index (χ1v) is 13.7. The fourth-order valence-electron chi connectivity index (χ4n) is 3.05. The number of nitrogens with one attached hydrogen (secondary N) is 1. The molecule has 38 heavy (non-hydrogen) atoms. The smallest absolute Gasteiger partial charge is 0.217 e. The Morgan fingerprint density at radius 1 is 1.21 bits per heavy atom. The maximum atomic E-state index is 10.7. The van der Waals surface area contributed by atoms with Crippen LogP contribution in [0, 0.1) is 0 Å². The number of carbonyl (C=O) groups excluding carboxylic acids is 1. The Balaban J connectivity index is -0.000000427. The van der Waals surface area contributed by atoms with Crippen LogP contribution in [-0.2, 0) is 20.9 Å². The van der Waals surface area contributed by atoms with Crippen LogP contribution < -0.4 is 11.1 Å². The van der Waals surface area contributed by atoms with Gasteiger partial charge >= 0.3 is 0 Å². The van der Waals surface area contributed by atoms with Gasteiger partial charge in [-0.3, -0.25) is 4.79 Å². The Morgan fingerprint density at radius 3 is 2.00 bits per heavy atom. The summed E-state index contributed by atoms with van der Waals surface area (Å²) in [6.07, 6.45) is 10.2. The molecular weight excluding hydrogens is 476 g/mol. The molecule has 0 aromatic heterocycles. The first kappa shape index (κ1) is 39.9. The highest BCUT2D eigenvalue weighted by molar-refractivity contribution is 5.73. The molecule has 0 heterocycles. The van der Waals surface area contributed by atoms with Gasteiger partial charge in [-0.05, 0) is 78.4 Å². The molecule has 1 aliphatic carbocycles. The number of benzene rings is 1. The fraction of sp³-hybridized carbons (Fsp3) is 0.594. The molecule has 1 unspecified atom stereocenters. The van der Waals surface area contributed by atoms with E-state index in [1.165, 1.54) is 11.1 Å². The standard InChI is InChI=1S/C10H17NO.C8H10O.C6H13NO.C5H12O.C3H6/c1-3-9-4-6-10(7-5-9)11-8(2)12;1-9-7-8-5-3-2-4-6-8;1-5(7)8-6(2,3)4;1-3-5(6)4-2;1-3-2/h4,10H,3,5-7H2,1-2H3,(H,11,12);2-6H,7H2,1H3;1,7H2,2-4H3;5-6H,3-4H2,1-2H3;3H,1H2,2H3. The predicted octanol–water partition coefficient (Wildman–Crippen LogP) is 7.44. The first-order chi connectivity index (χ1) is 17.8. The van der Waals surface area contributed by atoms with Crippen LogP contribution in [0.5, 0.6) is 0 Å². The van der Waals surface area contributed by atoms with Crippen LogP contribution in [0.3, 0.4) is 0 Å². The van der Waals surface area contributed by atoms with Crippen LogP contribution >= 0.6 is 0 Å². The van der Waals surface area contributed by atoms with Crippen molar-refractivity contribution in [1.29, 1.82) is 0 Å². The fourth-order valence-corrected chi connectivity index (χ4v) is 3.05. The number of hydrogen-bond donors (Lipinski definition) is 3.